The van der Waals surface area contributed by atoms with Crippen LogP contribution in [-0.2, 0) is 17.6 Å². The molecule has 6 nitrogen and oxygen atoms in total. The van der Waals surface area contributed by atoms with E-state index in [2.05, 4.69) is 78.9 Å². The number of primary amides is 1. The first kappa shape index (κ1) is 30.8. The molecule has 204 valence electrons. The number of methoxy groups -OCH3 is 1. The number of nitrogens with zero attached hydrogens (tertiary/aromatic N) is 1. The summed E-state index contributed by atoms with van der Waals surface area (Å²) >= 11 is 1.91. The first-order chi connectivity index (χ1) is 18.4. The quantitative estimate of drug-likeness (QED) is 0.311. The van der Waals surface area contributed by atoms with Crippen LogP contribution in [0.15, 0.2) is 78.2 Å². The average Bonchev–Trinajstić information content (AvgIpc) is 3.27. The molecular formula is C31H42N4O2S. The number of carbonyl (C=O) groups excluding carboxylic acids is 1. The van der Waals surface area contributed by atoms with Gasteiger partial charge in [-0.25, -0.2) is 0 Å². The van der Waals surface area contributed by atoms with E-state index in [-0.39, 0.29) is 11.8 Å². The Hall–Kier alpha value is -3.42. The zero-order valence-corrected chi connectivity index (χ0v) is 23.8. The zero-order valence-electron chi connectivity index (χ0n) is 23.0. The topological polar surface area (TPSA) is 108 Å². The summed E-state index contributed by atoms with van der Waals surface area (Å²) < 4.78 is 5.47. The van der Waals surface area contributed by atoms with E-state index in [1.165, 1.54) is 27.3 Å². The number of nitrogens with two attached hydrogens (primary N) is 3. The van der Waals surface area contributed by atoms with E-state index < -0.39 is 0 Å². The number of thioether (sulfide) groups is 1. The number of hydrogen-bond acceptors (Lipinski definition) is 6. The van der Waals surface area contributed by atoms with E-state index in [4.69, 9.17) is 21.0 Å². The molecule has 3 aromatic carbocycles. The van der Waals surface area contributed by atoms with Crippen LogP contribution in [0.3, 0.4) is 0 Å². The van der Waals surface area contributed by atoms with Gasteiger partial charge in [0, 0.05) is 23.6 Å². The van der Waals surface area contributed by atoms with Crippen molar-refractivity contribution >= 4 is 29.6 Å². The van der Waals surface area contributed by atoms with Gasteiger partial charge in [-0.15, -0.1) is 0 Å². The highest BCUT2D eigenvalue weighted by Gasteiger charge is 2.35. The Labute approximate surface area is 232 Å². The SMILES string of the molecule is C=C(N)c1cccc(CC(c2ccc(CCCN)cc2)C2Sc3cc(OC)ccc3N2C)c1.CC.NC=O. The number of fused-ring (bicyclic) bond motifs is 1. The lowest BCUT2D eigenvalue weighted by atomic mass is 9.89. The van der Waals surface area contributed by atoms with Crippen LogP contribution in [0.1, 0.15) is 48.4 Å². The lowest BCUT2D eigenvalue weighted by molar-refractivity contribution is -0.106. The van der Waals surface area contributed by atoms with Crippen molar-refractivity contribution in [1.29, 1.82) is 0 Å². The molecule has 3 aromatic rings. The van der Waals surface area contributed by atoms with Gasteiger partial charge in [0.2, 0.25) is 6.41 Å². The molecule has 0 aliphatic carbocycles. The summed E-state index contributed by atoms with van der Waals surface area (Å²) in [5.41, 5.74) is 22.6. The van der Waals surface area contributed by atoms with Crippen molar-refractivity contribution in [3.63, 3.8) is 0 Å². The van der Waals surface area contributed by atoms with Gasteiger partial charge in [-0.1, -0.05) is 74.7 Å². The van der Waals surface area contributed by atoms with E-state index in [0.29, 0.717) is 11.6 Å². The lowest BCUT2D eigenvalue weighted by Crippen LogP contribution is -2.32. The van der Waals surface area contributed by atoms with E-state index in [9.17, 15) is 0 Å². The molecule has 6 N–H and O–H groups in total. The van der Waals surface area contributed by atoms with Crippen molar-refractivity contribution < 1.29 is 9.53 Å². The van der Waals surface area contributed by atoms with Crippen molar-refractivity contribution in [3.05, 3.63) is 95.6 Å². The van der Waals surface area contributed by atoms with Crippen molar-refractivity contribution in [2.45, 2.75) is 49.3 Å². The van der Waals surface area contributed by atoms with E-state index in [1.54, 1.807) is 7.11 Å². The van der Waals surface area contributed by atoms with Crippen molar-refractivity contribution in [1.82, 2.24) is 0 Å². The fourth-order valence-corrected chi connectivity index (χ4v) is 5.94. The number of hydrogen-bond donors (Lipinski definition) is 3. The molecule has 2 unspecified atom stereocenters. The summed E-state index contributed by atoms with van der Waals surface area (Å²) in [7, 11) is 3.91. The number of aryl methyl sites for hydroxylation is 1. The van der Waals surface area contributed by atoms with Crippen LogP contribution in [0.25, 0.3) is 5.70 Å². The van der Waals surface area contributed by atoms with Gasteiger partial charge in [0.05, 0.1) is 18.2 Å². The molecule has 0 aromatic heterocycles. The summed E-state index contributed by atoms with van der Waals surface area (Å²) in [6, 6.07) is 23.9. The molecule has 0 bridgehead atoms. The third-order valence-corrected chi connectivity index (χ3v) is 7.82. The molecule has 2 atom stereocenters. The highest BCUT2D eigenvalue weighted by molar-refractivity contribution is 8.00. The zero-order chi connectivity index (χ0) is 28.1. The minimum absolute atomic E-state index is 0.250. The maximum absolute atomic E-state index is 8.58. The van der Waals surface area contributed by atoms with Crippen LogP contribution >= 0.6 is 11.8 Å². The number of likely N-dealkylation sites (N-methyl/N-ethyl adjacent to an activating group) is 1. The van der Waals surface area contributed by atoms with Crippen LogP contribution in [0.4, 0.5) is 5.69 Å². The summed E-state index contributed by atoms with van der Waals surface area (Å²) in [5.74, 6) is 1.19. The van der Waals surface area contributed by atoms with E-state index >= 15 is 0 Å². The first-order valence-corrected chi connectivity index (χ1v) is 13.8. The molecule has 1 heterocycles. The summed E-state index contributed by atoms with van der Waals surface area (Å²) in [4.78, 5) is 12.2. The largest absolute Gasteiger partial charge is 0.497 e. The monoisotopic (exact) mass is 534 g/mol. The van der Waals surface area contributed by atoms with Gasteiger partial charge < -0.3 is 26.8 Å². The van der Waals surface area contributed by atoms with Crippen LogP contribution < -0.4 is 26.8 Å². The fourth-order valence-electron chi connectivity index (χ4n) is 4.48. The normalized spacial score (nSPS) is 14.2. The van der Waals surface area contributed by atoms with E-state index in [1.807, 2.05) is 37.7 Å². The molecule has 0 saturated heterocycles. The Morgan fingerprint density at radius 2 is 1.79 bits per heavy atom. The predicted molar refractivity (Wildman–Crippen MR) is 163 cm³/mol. The standard InChI is InChI=1S/C28H33N3OS.C2H6.CH3NO/c1-19(30)23-8-4-6-21(16-23)17-25(22-11-9-20(10-12-22)7-5-15-29)28-31(2)26-14-13-24(32-3)18-27(26)33-28;1-2;2-1-3/h4,6,8-14,16,18,25,28H,1,5,7,15,17,29-30H2,2-3H3;1-2H3;1H,(H2,2,3). The molecule has 1 aliphatic heterocycles. The summed E-state index contributed by atoms with van der Waals surface area (Å²) in [5, 5.41) is 0.270. The lowest BCUT2D eigenvalue weighted by Gasteiger charge is -2.30. The number of ether oxygens (including phenoxy) is 1. The first-order valence-electron chi connectivity index (χ1n) is 13.0. The van der Waals surface area contributed by atoms with E-state index in [0.717, 1.165) is 37.1 Å². The molecule has 0 spiro atoms. The minimum atomic E-state index is 0.250. The minimum Gasteiger partial charge on any atom is -0.497 e. The Morgan fingerprint density at radius 3 is 2.39 bits per heavy atom. The van der Waals surface area contributed by atoms with Gasteiger partial charge in [0.25, 0.3) is 0 Å². The van der Waals surface area contributed by atoms with Crippen LogP contribution in [0.5, 0.6) is 5.75 Å². The number of benzene rings is 3. The molecule has 1 aliphatic rings. The van der Waals surface area contributed by atoms with Gasteiger partial charge >= 0.3 is 0 Å². The second kappa shape index (κ2) is 15.7. The average molecular weight is 535 g/mol. The smallest absolute Gasteiger partial charge is 0.204 e. The molecule has 0 fully saturated rings. The number of anilines is 1. The molecular weight excluding hydrogens is 492 g/mol. The molecule has 1 amide bonds. The Kier molecular flexibility index (Phi) is 12.8. The third kappa shape index (κ3) is 8.04. The Bertz CT molecular complexity index is 1170. The van der Waals surface area contributed by atoms with Crippen molar-refractivity contribution in [2.24, 2.45) is 17.2 Å². The van der Waals surface area contributed by atoms with Crippen LogP contribution in [-0.4, -0.2) is 32.5 Å². The highest BCUT2D eigenvalue weighted by Crippen LogP contribution is 2.49. The van der Waals surface area contributed by atoms with Gasteiger partial charge in [0.1, 0.15) is 5.75 Å². The molecule has 4 rings (SSSR count). The van der Waals surface area contributed by atoms with Gasteiger partial charge in [-0.05, 0) is 72.3 Å². The highest BCUT2D eigenvalue weighted by atomic mass is 32.2. The van der Waals surface area contributed by atoms with Crippen molar-refractivity contribution in [3.8, 4) is 5.75 Å². The van der Waals surface area contributed by atoms with Crippen LogP contribution in [0, 0.1) is 0 Å². The second-order valence-corrected chi connectivity index (χ2v) is 9.92. The third-order valence-electron chi connectivity index (χ3n) is 6.35. The van der Waals surface area contributed by atoms with Crippen LogP contribution in [0.2, 0.25) is 0 Å². The number of carbonyl (C=O) groups is 1. The maximum Gasteiger partial charge on any atom is 0.204 e. The van der Waals surface area contributed by atoms with Gasteiger partial charge in [-0.2, -0.15) is 0 Å². The molecule has 0 saturated carbocycles. The van der Waals surface area contributed by atoms with Gasteiger partial charge in [0.15, 0.2) is 0 Å². The summed E-state index contributed by atoms with van der Waals surface area (Å²) in [6.07, 6.45) is 3.19. The van der Waals surface area contributed by atoms with Crippen molar-refractivity contribution in [2.75, 3.05) is 25.6 Å². The summed E-state index contributed by atoms with van der Waals surface area (Å²) in [6.45, 7) is 8.64. The second-order valence-electron chi connectivity index (χ2n) is 8.76. The maximum atomic E-state index is 8.58. The predicted octanol–water partition coefficient (Wildman–Crippen LogP) is 5.54. The number of rotatable bonds is 9. The molecule has 0 radical (unpaired) electrons. The fraction of sp³-hybridized carbons (Fsp3) is 0.323. The van der Waals surface area contributed by atoms with Gasteiger partial charge in [-0.3, -0.25) is 4.79 Å². The molecule has 7 heteroatoms. The Morgan fingerprint density at radius 1 is 1.11 bits per heavy atom. The molecule has 38 heavy (non-hydrogen) atoms. The number of amides is 1. The Balaban J connectivity index is 0.000000947.